The molecule has 0 aromatic rings. The first-order valence-corrected chi connectivity index (χ1v) is 6.22. The SMILES string of the molecule is CCC(CCCN1CCC(OC)C1)NC. The Bertz CT molecular complexity index is 160. The van der Waals surface area contributed by atoms with Crippen molar-refractivity contribution in [3.8, 4) is 0 Å². The van der Waals surface area contributed by atoms with Gasteiger partial charge in [-0.15, -0.1) is 0 Å². The summed E-state index contributed by atoms with van der Waals surface area (Å²) < 4.78 is 5.36. The number of rotatable bonds is 7. The third kappa shape index (κ3) is 4.49. The molecular formula is C12H26N2O. The summed E-state index contributed by atoms with van der Waals surface area (Å²) in [5, 5.41) is 3.35. The Balaban J connectivity index is 2.05. The zero-order chi connectivity index (χ0) is 11.1. The van der Waals surface area contributed by atoms with Crippen LogP contribution in [0.4, 0.5) is 0 Å². The zero-order valence-electron chi connectivity index (χ0n) is 10.5. The minimum absolute atomic E-state index is 0.483. The van der Waals surface area contributed by atoms with Crippen LogP contribution in [-0.4, -0.2) is 50.8 Å². The number of nitrogens with zero attached hydrogens (tertiary/aromatic N) is 1. The number of likely N-dealkylation sites (tertiary alicyclic amines) is 1. The lowest BCUT2D eigenvalue weighted by atomic mass is 10.1. The molecule has 0 amide bonds. The zero-order valence-corrected chi connectivity index (χ0v) is 10.5. The number of hydrogen-bond donors (Lipinski definition) is 1. The largest absolute Gasteiger partial charge is 0.380 e. The Labute approximate surface area is 94.2 Å². The standard InChI is InChI=1S/C12H26N2O/c1-4-11(13-2)6-5-8-14-9-7-12(10-14)15-3/h11-13H,4-10H2,1-3H3. The van der Waals surface area contributed by atoms with Crippen molar-refractivity contribution in [3.05, 3.63) is 0 Å². The maximum absolute atomic E-state index is 5.36. The van der Waals surface area contributed by atoms with Crippen LogP contribution in [0.1, 0.15) is 32.6 Å². The van der Waals surface area contributed by atoms with Crippen LogP contribution in [0, 0.1) is 0 Å². The number of ether oxygens (including phenoxy) is 1. The first-order valence-electron chi connectivity index (χ1n) is 6.22. The molecule has 0 saturated carbocycles. The minimum atomic E-state index is 0.483. The van der Waals surface area contributed by atoms with Gasteiger partial charge in [-0.2, -0.15) is 0 Å². The van der Waals surface area contributed by atoms with Gasteiger partial charge in [0.1, 0.15) is 0 Å². The molecule has 1 fully saturated rings. The molecule has 1 aliphatic rings. The second-order valence-corrected chi connectivity index (χ2v) is 4.48. The fraction of sp³-hybridized carbons (Fsp3) is 1.00. The van der Waals surface area contributed by atoms with Crippen molar-refractivity contribution < 1.29 is 4.74 Å². The van der Waals surface area contributed by atoms with E-state index >= 15 is 0 Å². The molecule has 1 heterocycles. The fourth-order valence-electron chi connectivity index (χ4n) is 2.31. The Morgan fingerprint density at radius 2 is 2.33 bits per heavy atom. The molecule has 1 aliphatic heterocycles. The van der Waals surface area contributed by atoms with Gasteiger partial charge in [-0.05, 0) is 39.3 Å². The number of nitrogens with one attached hydrogen (secondary N) is 1. The average molecular weight is 214 g/mol. The Morgan fingerprint density at radius 1 is 1.53 bits per heavy atom. The Morgan fingerprint density at radius 3 is 2.87 bits per heavy atom. The molecule has 2 unspecified atom stereocenters. The van der Waals surface area contributed by atoms with Crippen molar-refractivity contribution in [1.82, 2.24) is 10.2 Å². The second-order valence-electron chi connectivity index (χ2n) is 4.48. The molecule has 3 nitrogen and oxygen atoms in total. The highest BCUT2D eigenvalue weighted by molar-refractivity contribution is 4.76. The van der Waals surface area contributed by atoms with Crippen LogP contribution in [-0.2, 0) is 4.74 Å². The quantitative estimate of drug-likeness (QED) is 0.695. The minimum Gasteiger partial charge on any atom is -0.380 e. The summed E-state index contributed by atoms with van der Waals surface area (Å²) in [6, 6.07) is 0.700. The summed E-state index contributed by atoms with van der Waals surface area (Å²) in [6.07, 6.45) is 5.52. The van der Waals surface area contributed by atoms with Crippen molar-refractivity contribution in [2.75, 3.05) is 33.8 Å². The maximum atomic E-state index is 5.36. The molecule has 1 rings (SSSR count). The Kier molecular flexibility index (Phi) is 6.22. The molecule has 0 bridgehead atoms. The van der Waals surface area contributed by atoms with E-state index in [0.717, 1.165) is 6.54 Å². The summed E-state index contributed by atoms with van der Waals surface area (Å²) in [5.41, 5.74) is 0. The van der Waals surface area contributed by atoms with Crippen LogP contribution < -0.4 is 5.32 Å². The molecule has 1 N–H and O–H groups in total. The van der Waals surface area contributed by atoms with Crippen molar-refractivity contribution in [2.24, 2.45) is 0 Å². The van der Waals surface area contributed by atoms with Crippen molar-refractivity contribution in [2.45, 2.75) is 44.8 Å². The van der Waals surface area contributed by atoms with E-state index in [9.17, 15) is 0 Å². The molecule has 2 atom stereocenters. The van der Waals surface area contributed by atoms with E-state index in [1.165, 1.54) is 38.8 Å². The van der Waals surface area contributed by atoms with E-state index in [2.05, 4.69) is 24.2 Å². The van der Waals surface area contributed by atoms with Crippen molar-refractivity contribution in [1.29, 1.82) is 0 Å². The highest BCUT2D eigenvalue weighted by Gasteiger charge is 2.21. The summed E-state index contributed by atoms with van der Waals surface area (Å²) in [7, 11) is 3.88. The smallest absolute Gasteiger partial charge is 0.0710 e. The van der Waals surface area contributed by atoms with Crippen LogP contribution in [0.3, 0.4) is 0 Å². The molecule has 0 aliphatic carbocycles. The number of hydrogen-bond acceptors (Lipinski definition) is 3. The monoisotopic (exact) mass is 214 g/mol. The lowest BCUT2D eigenvalue weighted by Gasteiger charge is -2.18. The first-order chi connectivity index (χ1) is 7.30. The highest BCUT2D eigenvalue weighted by atomic mass is 16.5. The topological polar surface area (TPSA) is 24.5 Å². The van der Waals surface area contributed by atoms with Gasteiger partial charge in [0.25, 0.3) is 0 Å². The van der Waals surface area contributed by atoms with Gasteiger partial charge >= 0.3 is 0 Å². The van der Waals surface area contributed by atoms with Gasteiger partial charge in [0.15, 0.2) is 0 Å². The predicted molar refractivity (Wildman–Crippen MR) is 64.2 cm³/mol. The van der Waals surface area contributed by atoms with Gasteiger partial charge in [-0.25, -0.2) is 0 Å². The first kappa shape index (κ1) is 12.9. The van der Waals surface area contributed by atoms with E-state index in [-0.39, 0.29) is 0 Å². The van der Waals surface area contributed by atoms with Crippen LogP contribution in [0.15, 0.2) is 0 Å². The van der Waals surface area contributed by atoms with Crippen LogP contribution >= 0.6 is 0 Å². The summed E-state index contributed by atoms with van der Waals surface area (Å²) in [6.45, 7) is 5.83. The molecule has 15 heavy (non-hydrogen) atoms. The molecular weight excluding hydrogens is 188 g/mol. The van der Waals surface area contributed by atoms with Crippen LogP contribution in [0.2, 0.25) is 0 Å². The van der Waals surface area contributed by atoms with Gasteiger partial charge in [0, 0.05) is 26.2 Å². The molecule has 0 radical (unpaired) electrons. The predicted octanol–water partition coefficient (Wildman–Crippen LogP) is 1.49. The van der Waals surface area contributed by atoms with E-state index in [1.54, 1.807) is 0 Å². The van der Waals surface area contributed by atoms with Gasteiger partial charge in [-0.3, -0.25) is 0 Å². The van der Waals surface area contributed by atoms with Gasteiger partial charge in [0.05, 0.1) is 6.10 Å². The molecule has 1 saturated heterocycles. The molecule has 90 valence electrons. The second kappa shape index (κ2) is 7.20. The van der Waals surface area contributed by atoms with Crippen LogP contribution in [0.5, 0.6) is 0 Å². The molecule has 3 heteroatoms. The fourth-order valence-corrected chi connectivity index (χ4v) is 2.31. The third-order valence-corrected chi connectivity index (χ3v) is 3.49. The normalized spacial score (nSPS) is 24.6. The van der Waals surface area contributed by atoms with Crippen LogP contribution in [0.25, 0.3) is 0 Å². The average Bonchev–Trinajstić information content (AvgIpc) is 2.72. The van der Waals surface area contributed by atoms with Crippen molar-refractivity contribution in [3.63, 3.8) is 0 Å². The van der Waals surface area contributed by atoms with Gasteiger partial charge in [0.2, 0.25) is 0 Å². The lowest BCUT2D eigenvalue weighted by Crippen LogP contribution is -2.28. The highest BCUT2D eigenvalue weighted by Crippen LogP contribution is 2.13. The third-order valence-electron chi connectivity index (χ3n) is 3.49. The van der Waals surface area contributed by atoms with E-state index < -0.39 is 0 Å². The van der Waals surface area contributed by atoms with Gasteiger partial charge in [-0.1, -0.05) is 6.92 Å². The van der Waals surface area contributed by atoms with E-state index in [4.69, 9.17) is 4.74 Å². The van der Waals surface area contributed by atoms with E-state index in [1.807, 2.05) is 7.11 Å². The van der Waals surface area contributed by atoms with E-state index in [0.29, 0.717) is 12.1 Å². The molecule has 0 spiro atoms. The Hall–Kier alpha value is -0.120. The summed E-state index contributed by atoms with van der Waals surface area (Å²) >= 11 is 0. The van der Waals surface area contributed by atoms with Gasteiger partial charge < -0.3 is 15.0 Å². The molecule has 0 aromatic heterocycles. The summed E-state index contributed by atoms with van der Waals surface area (Å²) in [5.74, 6) is 0. The molecule has 0 aromatic carbocycles. The summed E-state index contributed by atoms with van der Waals surface area (Å²) in [4.78, 5) is 2.52. The lowest BCUT2D eigenvalue weighted by molar-refractivity contribution is 0.108. The van der Waals surface area contributed by atoms with Crippen molar-refractivity contribution >= 4 is 0 Å². The maximum Gasteiger partial charge on any atom is 0.0710 e. The number of methoxy groups -OCH3 is 1.